The number of rotatable bonds is 6. The number of imidazole rings is 1. The van der Waals surface area contributed by atoms with Crippen LogP contribution in [0.15, 0.2) is 18.2 Å². The molecule has 1 aromatic carbocycles. The lowest BCUT2D eigenvalue weighted by Gasteiger charge is -2.08. The topological polar surface area (TPSA) is 53.1 Å². The highest BCUT2D eigenvalue weighted by Crippen LogP contribution is 2.25. The number of para-hydroxylation sites is 1. The van der Waals surface area contributed by atoms with Gasteiger partial charge in [-0.1, -0.05) is 24.6 Å². The van der Waals surface area contributed by atoms with E-state index in [9.17, 15) is 0 Å². The van der Waals surface area contributed by atoms with Gasteiger partial charge in [0.15, 0.2) is 0 Å². The molecule has 0 spiro atoms. The zero-order valence-electron chi connectivity index (χ0n) is 10.5. The summed E-state index contributed by atoms with van der Waals surface area (Å²) >= 11 is 6.25. The Kier molecular flexibility index (Phi) is 4.58. The quantitative estimate of drug-likeness (QED) is 0.819. The third-order valence-electron chi connectivity index (χ3n) is 2.74. The second kappa shape index (κ2) is 6.18. The van der Waals surface area contributed by atoms with Gasteiger partial charge in [-0.25, -0.2) is 4.98 Å². The smallest absolute Gasteiger partial charge is 0.136 e. The molecule has 2 N–H and O–H groups in total. The number of hydrogen-bond acceptors (Lipinski definition) is 3. The van der Waals surface area contributed by atoms with E-state index in [1.54, 1.807) is 0 Å². The summed E-state index contributed by atoms with van der Waals surface area (Å²) in [7, 11) is 0. The van der Waals surface area contributed by atoms with E-state index in [-0.39, 0.29) is 0 Å². The van der Waals surface area contributed by atoms with Crippen molar-refractivity contribution >= 4 is 22.6 Å². The molecule has 5 heteroatoms. The molecule has 0 fully saturated rings. The van der Waals surface area contributed by atoms with Gasteiger partial charge in [-0.15, -0.1) is 0 Å². The third-order valence-corrected chi connectivity index (χ3v) is 3.04. The van der Waals surface area contributed by atoms with Gasteiger partial charge in [0.05, 0.1) is 22.7 Å². The number of hydrogen-bond donors (Lipinski definition) is 1. The fraction of sp³-hybridized carbons (Fsp3) is 0.462. The maximum atomic E-state index is 6.25. The highest BCUT2D eigenvalue weighted by atomic mass is 35.5. The van der Waals surface area contributed by atoms with Crippen LogP contribution in [-0.2, 0) is 17.9 Å². The molecule has 2 rings (SSSR count). The normalized spacial score (nSPS) is 11.3. The van der Waals surface area contributed by atoms with Crippen molar-refractivity contribution < 1.29 is 4.74 Å². The summed E-state index contributed by atoms with van der Waals surface area (Å²) in [5.41, 5.74) is 7.33. The number of halogens is 1. The molecule has 0 bridgehead atoms. The van der Waals surface area contributed by atoms with Crippen molar-refractivity contribution in [3.63, 3.8) is 0 Å². The van der Waals surface area contributed by atoms with Crippen LogP contribution in [0.5, 0.6) is 0 Å². The third kappa shape index (κ3) is 2.66. The summed E-state index contributed by atoms with van der Waals surface area (Å²) in [5.74, 6) is 0.911. The van der Waals surface area contributed by atoms with Gasteiger partial charge in [0, 0.05) is 13.1 Å². The van der Waals surface area contributed by atoms with Crippen LogP contribution < -0.4 is 5.73 Å². The predicted octanol–water partition coefficient (Wildman–Crippen LogP) is 2.58. The Balaban J connectivity index is 2.38. The highest BCUT2D eigenvalue weighted by molar-refractivity contribution is 6.35. The van der Waals surface area contributed by atoms with Gasteiger partial charge in [0.25, 0.3) is 0 Å². The number of benzene rings is 1. The molecule has 2 aromatic rings. The van der Waals surface area contributed by atoms with Crippen LogP contribution in [0, 0.1) is 0 Å². The van der Waals surface area contributed by atoms with Crippen LogP contribution in [0.25, 0.3) is 11.0 Å². The SMILES string of the molecule is CCCn1c(COCCN)nc2cccc(Cl)c21. The Bertz CT molecular complexity index is 524. The second-order valence-electron chi connectivity index (χ2n) is 4.13. The van der Waals surface area contributed by atoms with Crippen LogP contribution in [-0.4, -0.2) is 22.7 Å². The minimum Gasteiger partial charge on any atom is -0.372 e. The Morgan fingerprint density at radius 3 is 3.00 bits per heavy atom. The molecule has 1 aromatic heterocycles. The van der Waals surface area contributed by atoms with Crippen molar-refractivity contribution in [2.24, 2.45) is 5.73 Å². The summed E-state index contributed by atoms with van der Waals surface area (Å²) < 4.78 is 7.61. The molecule has 0 aliphatic heterocycles. The zero-order chi connectivity index (χ0) is 13.0. The summed E-state index contributed by atoms with van der Waals surface area (Å²) in [6.45, 7) is 4.56. The molecule has 0 amide bonds. The fourth-order valence-electron chi connectivity index (χ4n) is 2.01. The first kappa shape index (κ1) is 13.3. The molecule has 98 valence electrons. The Hall–Kier alpha value is -1.10. The number of nitrogens with two attached hydrogens (primary N) is 1. The molecule has 0 unspecified atom stereocenters. The van der Waals surface area contributed by atoms with E-state index < -0.39 is 0 Å². The van der Waals surface area contributed by atoms with Crippen molar-refractivity contribution in [2.45, 2.75) is 26.5 Å². The van der Waals surface area contributed by atoms with E-state index >= 15 is 0 Å². The van der Waals surface area contributed by atoms with E-state index in [1.165, 1.54) is 0 Å². The minimum absolute atomic E-state index is 0.474. The van der Waals surface area contributed by atoms with Crippen LogP contribution in [0.1, 0.15) is 19.2 Å². The Morgan fingerprint density at radius 1 is 1.44 bits per heavy atom. The van der Waals surface area contributed by atoms with Gasteiger partial charge < -0.3 is 15.0 Å². The van der Waals surface area contributed by atoms with Gasteiger partial charge in [0.1, 0.15) is 12.4 Å². The molecule has 18 heavy (non-hydrogen) atoms. The standard InChI is InChI=1S/C13H18ClN3O/c1-2-7-17-12(9-18-8-6-15)16-11-5-3-4-10(14)13(11)17/h3-5H,2,6-9,15H2,1H3. The van der Waals surface area contributed by atoms with Crippen LogP contribution in [0.2, 0.25) is 5.02 Å². The Labute approximate surface area is 112 Å². The molecule has 0 aliphatic rings. The van der Waals surface area contributed by atoms with Gasteiger partial charge in [0.2, 0.25) is 0 Å². The van der Waals surface area contributed by atoms with Crippen molar-refractivity contribution in [3.05, 3.63) is 29.0 Å². The minimum atomic E-state index is 0.474. The average Bonchev–Trinajstić information content (AvgIpc) is 2.70. The maximum Gasteiger partial charge on any atom is 0.136 e. The summed E-state index contributed by atoms with van der Waals surface area (Å²) in [6, 6.07) is 5.78. The fourth-order valence-corrected chi connectivity index (χ4v) is 2.28. The van der Waals surface area contributed by atoms with E-state index in [0.29, 0.717) is 19.8 Å². The van der Waals surface area contributed by atoms with Crippen molar-refractivity contribution in [1.29, 1.82) is 0 Å². The van der Waals surface area contributed by atoms with Gasteiger partial charge in [-0.3, -0.25) is 0 Å². The number of aryl methyl sites for hydroxylation is 1. The van der Waals surface area contributed by atoms with E-state index in [0.717, 1.165) is 34.8 Å². The number of fused-ring (bicyclic) bond motifs is 1. The molecule has 0 saturated heterocycles. The first-order chi connectivity index (χ1) is 8.77. The number of nitrogens with zero attached hydrogens (tertiary/aromatic N) is 2. The monoisotopic (exact) mass is 267 g/mol. The first-order valence-corrected chi connectivity index (χ1v) is 6.57. The van der Waals surface area contributed by atoms with E-state index in [1.807, 2.05) is 18.2 Å². The van der Waals surface area contributed by atoms with Crippen LogP contribution >= 0.6 is 11.6 Å². The lowest BCUT2D eigenvalue weighted by Crippen LogP contribution is -2.11. The van der Waals surface area contributed by atoms with Crippen LogP contribution in [0.4, 0.5) is 0 Å². The average molecular weight is 268 g/mol. The molecule has 0 aliphatic carbocycles. The molecule has 0 radical (unpaired) electrons. The van der Waals surface area contributed by atoms with Crippen LogP contribution in [0.3, 0.4) is 0 Å². The Morgan fingerprint density at radius 2 is 2.28 bits per heavy atom. The maximum absolute atomic E-state index is 6.25. The van der Waals surface area contributed by atoms with Crippen molar-refractivity contribution in [3.8, 4) is 0 Å². The zero-order valence-corrected chi connectivity index (χ0v) is 11.3. The van der Waals surface area contributed by atoms with Crippen molar-refractivity contribution in [2.75, 3.05) is 13.2 Å². The molecule has 4 nitrogen and oxygen atoms in total. The summed E-state index contributed by atoms with van der Waals surface area (Å²) in [5, 5.41) is 0.735. The first-order valence-electron chi connectivity index (χ1n) is 6.19. The lowest BCUT2D eigenvalue weighted by molar-refractivity contribution is 0.120. The number of ether oxygens (including phenoxy) is 1. The summed E-state index contributed by atoms with van der Waals surface area (Å²) in [6.07, 6.45) is 1.03. The molecular formula is C13H18ClN3O. The van der Waals surface area contributed by atoms with E-state index in [2.05, 4.69) is 16.5 Å². The highest BCUT2D eigenvalue weighted by Gasteiger charge is 2.12. The van der Waals surface area contributed by atoms with E-state index in [4.69, 9.17) is 22.1 Å². The molecule has 0 atom stereocenters. The second-order valence-corrected chi connectivity index (χ2v) is 4.54. The van der Waals surface area contributed by atoms with Gasteiger partial charge >= 0.3 is 0 Å². The van der Waals surface area contributed by atoms with Gasteiger partial charge in [-0.2, -0.15) is 0 Å². The number of aromatic nitrogens is 2. The predicted molar refractivity (Wildman–Crippen MR) is 73.7 cm³/mol. The molecule has 1 heterocycles. The molecular weight excluding hydrogens is 250 g/mol. The summed E-state index contributed by atoms with van der Waals surface area (Å²) in [4.78, 5) is 4.58. The lowest BCUT2D eigenvalue weighted by atomic mass is 10.3. The largest absolute Gasteiger partial charge is 0.372 e. The molecule has 0 saturated carbocycles. The van der Waals surface area contributed by atoms with Gasteiger partial charge in [-0.05, 0) is 18.6 Å². The van der Waals surface area contributed by atoms with Crippen molar-refractivity contribution in [1.82, 2.24) is 9.55 Å².